The Bertz CT molecular complexity index is 987. The Morgan fingerprint density at radius 2 is 1.64 bits per heavy atom. The molecule has 0 radical (unpaired) electrons. The number of hydrogen-bond acceptors (Lipinski definition) is 6. The third kappa shape index (κ3) is 4.47. The van der Waals surface area contributed by atoms with E-state index in [1.807, 2.05) is 0 Å². The number of hydrogen-bond donors (Lipinski definition) is 2. The molecule has 3 rings (SSSR count). The molecule has 0 saturated carbocycles. The molecular formula is C18H13F3N6O. The summed E-state index contributed by atoms with van der Waals surface area (Å²) in [7, 11) is 0. The Morgan fingerprint density at radius 3 is 2.25 bits per heavy atom. The van der Waals surface area contributed by atoms with Crippen LogP contribution in [0.3, 0.4) is 0 Å². The van der Waals surface area contributed by atoms with E-state index in [0.717, 1.165) is 18.2 Å². The highest BCUT2D eigenvalue weighted by atomic mass is 19.4. The average molecular weight is 386 g/mol. The van der Waals surface area contributed by atoms with Crippen LogP contribution in [0.15, 0.2) is 61.7 Å². The Morgan fingerprint density at radius 1 is 1.00 bits per heavy atom. The SMILES string of the molecule is C=CC(=O)Nc1ncc(-c2nccnc2Nc2ccc(C(F)(F)F)cc2)cn1. The van der Waals surface area contributed by atoms with Crippen LogP contribution in [0.4, 0.5) is 30.6 Å². The van der Waals surface area contributed by atoms with Gasteiger partial charge in [-0.3, -0.25) is 15.1 Å². The van der Waals surface area contributed by atoms with Crippen molar-refractivity contribution in [1.29, 1.82) is 0 Å². The van der Waals surface area contributed by atoms with Crippen molar-refractivity contribution in [3.05, 3.63) is 67.3 Å². The number of rotatable bonds is 5. The maximum atomic E-state index is 12.7. The number of carbonyl (C=O) groups is 1. The van der Waals surface area contributed by atoms with Crippen molar-refractivity contribution in [2.75, 3.05) is 10.6 Å². The lowest BCUT2D eigenvalue weighted by molar-refractivity contribution is -0.137. The molecule has 2 heterocycles. The summed E-state index contributed by atoms with van der Waals surface area (Å²) in [4.78, 5) is 27.7. The number of nitrogens with one attached hydrogen (secondary N) is 2. The summed E-state index contributed by atoms with van der Waals surface area (Å²) in [6.07, 6.45) is 2.46. The summed E-state index contributed by atoms with van der Waals surface area (Å²) < 4.78 is 38.0. The molecule has 142 valence electrons. The maximum Gasteiger partial charge on any atom is 0.416 e. The van der Waals surface area contributed by atoms with Crippen LogP contribution in [-0.2, 0) is 11.0 Å². The molecule has 0 aliphatic rings. The first kappa shape index (κ1) is 19.0. The van der Waals surface area contributed by atoms with Gasteiger partial charge in [0.25, 0.3) is 0 Å². The highest BCUT2D eigenvalue weighted by Crippen LogP contribution is 2.31. The van der Waals surface area contributed by atoms with Crippen LogP contribution in [0, 0.1) is 0 Å². The Hall–Kier alpha value is -3.82. The minimum atomic E-state index is -4.41. The van der Waals surface area contributed by atoms with E-state index in [0.29, 0.717) is 22.8 Å². The molecule has 0 atom stereocenters. The molecule has 2 aromatic heterocycles. The van der Waals surface area contributed by atoms with Crippen LogP contribution in [0.5, 0.6) is 0 Å². The molecule has 0 bridgehead atoms. The predicted molar refractivity (Wildman–Crippen MR) is 96.6 cm³/mol. The van der Waals surface area contributed by atoms with Gasteiger partial charge < -0.3 is 5.32 Å². The summed E-state index contributed by atoms with van der Waals surface area (Å²) >= 11 is 0. The quantitative estimate of drug-likeness (QED) is 0.648. The number of carbonyl (C=O) groups excluding carboxylic acids is 1. The number of aromatic nitrogens is 4. The zero-order chi connectivity index (χ0) is 20.1. The van der Waals surface area contributed by atoms with E-state index in [-0.39, 0.29) is 5.95 Å². The van der Waals surface area contributed by atoms with Crippen molar-refractivity contribution in [1.82, 2.24) is 19.9 Å². The standard InChI is InChI=1S/C18H13F3N6O/c1-2-14(28)27-17-24-9-11(10-25-17)15-16(23-8-7-22-15)26-13-5-3-12(4-6-13)18(19,20)21/h2-10H,1H2,(H,23,26)(H,24,25,27,28). The number of nitrogens with zero attached hydrogens (tertiary/aromatic N) is 4. The third-order valence-electron chi connectivity index (χ3n) is 3.52. The second-order valence-electron chi connectivity index (χ2n) is 5.44. The fourth-order valence-corrected chi connectivity index (χ4v) is 2.20. The van der Waals surface area contributed by atoms with Crippen LogP contribution < -0.4 is 10.6 Å². The van der Waals surface area contributed by atoms with Crippen molar-refractivity contribution in [2.24, 2.45) is 0 Å². The van der Waals surface area contributed by atoms with E-state index >= 15 is 0 Å². The van der Waals surface area contributed by atoms with Crippen LogP contribution in [-0.4, -0.2) is 25.8 Å². The first-order valence-electron chi connectivity index (χ1n) is 7.88. The summed E-state index contributed by atoms with van der Waals surface area (Å²) in [6, 6.07) is 4.54. The van der Waals surface area contributed by atoms with Gasteiger partial charge in [-0.2, -0.15) is 13.2 Å². The second-order valence-corrected chi connectivity index (χ2v) is 5.44. The monoisotopic (exact) mass is 386 g/mol. The number of amides is 1. The highest BCUT2D eigenvalue weighted by molar-refractivity contribution is 5.97. The molecule has 0 aliphatic carbocycles. The number of alkyl halides is 3. The maximum absolute atomic E-state index is 12.7. The highest BCUT2D eigenvalue weighted by Gasteiger charge is 2.29. The largest absolute Gasteiger partial charge is 0.416 e. The molecule has 7 nitrogen and oxygen atoms in total. The van der Waals surface area contributed by atoms with E-state index in [1.165, 1.54) is 36.9 Å². The summed E-state index contributed by atoms with van der Waals surface area (Å²) in [5.74, 6) is -0.0413. The fraction of sp³-hybridized carbons (Fsp3) is 0.0556. The van der Waals surface area contributed by atoms with Gasteiger partial charge in [-0.25, -0.2) is 15.0 Å². The van der Waals surface area contributed by atoms with Gasteiger partial charge in [0.15, 0.2) is 5.82 Å². The lowest BCUT2D eigenvalue weighted by atomic mass is 10.2. The minimum Gasteiger partial charge on any atom is -0.338 e. The molecule has 2 N–H and O–H groups in total. The molecule has 0 aliphatic heterocycles. The van der Waals surface area contributed by atoms with Gasteiger partial charge in [0.2, 0.25) is 11.9 Å². The lowest BCUT2D eigenvalue weighted by Crippen LogP contribution is -2.10. The summed E-state index contributed by atoms with van der Waals surface area (Å²) in [6.45, 7) is 3.34. The molecule has 28 heavy (non-hydrogen) atoms. The lowest BCUT2D eigenvalue weighted by Gasteiger charge is -2.11. The van der Waals surface area contributed by atoms with Gasteiger partial charge in [0, 0.05) is 36.0 Å². The van der Waals surface area contributed by atoms with Crippen LogP contribution in [0.25, 0.3) is 11.3 Å². The van der Waals surface area contributed by atoms with E-state index in [2.05, 4.69) is 37.1 Å². The van der Waals surface area contributed by atoms with Gasteiger partial charge in [-0.1, -0.05) is 6.58 Å². The van der Waals surface area contributed by atoms with Crippen molar-refractivity contribution in [3.63, 3.8) is 0 Å². The van der Waals surface area contributed by atoms with Crippen molar-refractivity contribution < 1.29 is 18.0 Å². The zero-order valence-electron chi connectivity index (χ0n) is 14.2. The molecule has 1 aromatic carbocycles. The molecule has 0 saturated heterocycles. The normalized spacial score (nSPS) is 11.0. The van der Waals surface area contributed by atoms with E-state index in [4.69, 9.17) is 0 Å². The topological polar surface area (TPSA) is 92.7 Å². The predicted octanol–water partition coefficient (Wildman–Crippen LogP) is 3.82. The van der Waals surface area contributed by atoms with Gasteiger partial charge in [0.05, 0.1) is 5.56 Å². The Balaban J connectivity index is 1.83. The van der Waals surface area contributed by atoms with E-state index in [1.54, 1.807) is 0 Å². The molecule has 0 fully saturated rings. The van der Waals surface area contributed by atoms with Gasteiger partial charge in [-0.05, 0) is 30.3 Å². The molecular weight excluding hydrogens is 373 g/mol. The van der Waals surface area contributed by atoms with Crippen molar-refractivity contribution in [2.45, 2.75) is 6.18 Å². The fourth-order valence-electron chi connectivity index (χ4n) is 2.20. The third-order valence-corrected chi connectivity index (χ3v) is 3.52. The van der Waals surface area contributed by atoms with Gasteiger partial charge in [-0.15, -0.1) is 0 Å². The number of benzene rings is 1. The summed E-state index contributed by atoms with van der Waals surface area (Å²) in [5.41, 5.74) is 0.552. The van der Waals surface area contributed by atoms with Crippen molar-refractivity contribution >= 4 is 23.4 Å². The molecule has 10 heteroatoms. The van der Waals surface area contributed by atoms with E-state index < -0.39 is 17.6 Å². The van der Waals surface area contributed by atoms with E-state index in [9.17, 15) is 18.0 Å². The molecule has 0 spiro atoms. The molecule has 3 aromatic rings. The molecule has 1 amide bonds. The Kier molecular flexibility index (Phi) is 5.30. The first-order valence-corrected chi connectivity index (χ1v) is 7.88. The first-order chi connectivity index (χ1) is 13.4. The second kappa shape index (κ2) is 7.82. The van der Waals surface area contributed by atoms with Gasteiger partial charge in [0.1, 0.15) is 5.69 Å². The Labute approximate surface area is 157 Å². The van der Waals surface area contributed by atoms with Crippen LogP contribution in [0.1, 0.15) is 5.56 Å². The molecule has 0 unspecified atom stereocenters. The minimum absolute atomic E-state index is 0.0924. The number of anilines is 3. The summed E-state index contributed by atoms with van der Waals surface area (Å²) in [5, 5.41) is 5.35. The van der Waals surface area contributed by atoms with Crippen LogP contribution >= 0.6 is 0 Å². The zero-order valence-corrected chi connectivity index (χ0v) is 14.2. The smallest absolute Gasteiger partial charge is 0.338 e. The van der Waals surface area contributed by atoms with Crippen molar-refractivity contribution in [3.8, 4) is 11.3 Å². The van der Waals surface area contributed by atoms with Gasteiger partial charge >= 0.3 is 6.18 Å². The number of halogens is 3. The average Bonchev–Trinajstić information content (AvgIpc) is 2.69. The van der Waals surface area contributed by atoms with Crippen LogP contribution in [0.2, 0.25) is 0 Å².